The lowest BCUT2D eigenvalue weighted by molar-refractivity contribution is -0.149. The summed E-state index contributed by atoms with van der Waals surface area (Å²) in [5.41, 5.74) is 10.5. The van der Waals surface area contributed by atoms with Crippen LogP contribution >= 0.6 is 0 Å². The van der Waals surface area contributed by atoms with Crippen molar-refractivity contribution in [1.82, 2.24) is 0 Å². The largest absolute Gasteiger partial charge is 0.508 e. The highest BCUT2D eigenvalue weighted by molar-refractivity contribution is 6.24. The predicted octanol–water partition coefficient (Wildman–Crippen LogP) is 4.00. The Morgan fingerprint density at radius 2 is 1.47 bits per heavy atom. The number of aliphatic hydroxyl groups is 3. The van der Waals surface area contributed by atoms with Crippen LogP contribution in [0.5, 0.6) is 5.75 Å². The Hall–Kier alpha value is -3.17. The molecule has 5 aliphatic rings. The first-order valence-corrected chi connectivity index (χ1v) is 16.2. The minimum absolute atomic E-state index is 0.0188. The Labute approximate surface area is 252 Å². The van der Waals surface area contributed by atoms with Crippen molar-refractivity contribution in [2.24, 2.45) is 35.1 Å². The summed E-state index contributed by atoms with van der Waals surface area (Å²) in [6.07, 6.45) is 15.2. The number of fused-ring (bicyclic) bond motifs is 5. The number of Topliss-reactive ketones (excluding diaryl/α,β-unsaturated/α-hetero) is 2. The molecule has 0 radical (unpaired) electrons. The molecule has 43 heavy (non-hydrogen) atoms. The van der Waals surface area contributed by atoms with Crippen molar-refractivity contribution in [1.29, 1.82) is 0 Å². The van der Waals surface area contributed by atoms with Crippen LogP contribution in [0.1, 0.15) is 99.3 Å². The lowest BCUT2D eigenvalue weighted by Crippen LogP contribution is -2.65. The fourth-order valence-electron chi connectivity index (χ4n) is 9.05. The predicted molar refractivity (Wildman–Crippen MR) is 160 cm³/mol. The third-order valence-corrected chi connectivity index (χ3v) is 11.3. The minimum atomic E-state index is -2.68. The summed E-state index contributed by atoms with van der Waals surface area (Å²) >= 11 is 0. The van der Waals surface area contributed by atoms with Crippen molar-refractivity contribution in [3.8, 4) is 5.75 Å². The van der Waals surface area contributed by atoms with E-state index >= 15 is 0 Å². The van der Waals surface area contributed by atoms with Crippen molar-refractivity contribution < 1.29 is 34.8 Å². The number of rotatable bonds is 1. The van der Waals surface area contributed by atoms with Crippen LogP contribution in [-0.4, -0.2) is 49.5 Å². The fraction of sp³-hybridized carbons (Fsp3) is 0.618. The molecule has 0 aromatic heterocycles. The van der Waals surface area contributed by atoms with Crippen LogP contribution in [0.4, 0.5) is 0 Å². The summed E-state index contributed by atoms with van der Waals surface area (Å²) < 4.78 is 0. The first-order chi connectivity index (χ1) is 20.6. The van der Waals surface area contributed by atoms with Crippen molar-refractivity contribution in [2.45, 2.75) is 108 Å². The van der Waals surface area contributed by atoms with Crippen molar-refractivity contribution in [3.05, 3.63) is 45.2 Å². The van der Waals surface area contributed by atoms with Gasteiger partial charge in [-0.3, -0.25) is 14.4 Å². The maximum Gasteiger partial charge on any atom is 0.255 e. The van der Waals surface area contributed by atoms with Gasteiger partial charge in [-0.25, -0.2) is 0 Å². The molecule has 5 aliphatic carbocycles. The first kappa shape index (κ1) is 29.9. The zero-order valence-electron chi connectivity index (χ0n) is 24.7. The summed E-state index contributed by atoms with van der Waals surface area (Å²) in [6, 6.07) is 0.620. The molecule has 2 saturated carbocycles. The molecular formula is C34H44N2O7. The second-order valence-electron chi connectivity index (χ2n) is 13.6. The number of ketones is 2. The number of aliphatic hydroxyl groups excluding tert-OH is 2. The van der Waals surface area contributed by atoms with Gasteiger partial charge >= 0.3 is 0 Å². The van der Waals surface area contributed by atoms with Gasteiger partial charge in [-0.2, -0.15) is 0 Å². The Bertz CT molecular complexity index is 1430. The molecule has 9 heteroatoms. The molecular weight excluding hydrogens is 548 g/mol. The van der Waals surface area contributed by atoms with Gasteiger partial charge in [0.1, 0.15) is 22.8 Å². The highest BCUT2D eigenvalue weighted by Gasteiger charge is 2.63. The summed E-state index contributed by atoms with van der Waals surface area (Å²) in [5, 5.41) is 45.6. The monoisotopic (exact) mass is 592 g/mol. The lowest BCUT2D eigenvalue weighted by atomic mass is 9.58. The van der Waals surface area contributed by atoms with Crippen LogP contribution in [0.15, 0.2) is 23.0 Å². The third-order valence-electron chi connectivity index (χ3n) is 11.3. The van der Waals surface area contributed by atoms with Crippen molar-refractivity contribution >= 4 is 23.2 Å². The minimum Gasteiger partial charge on any atom is -0.508 e. The topological polar surface area (TPSA) is 184 Å². The van der Waals surface area contributed by atoms with E-state index in [1.54, 1.807) is 0 Å². The van der Waals surface area contributed by atoms with Gasteiger partial charge in [0.05, 0.1) is 11.6 Å². The molecule has 2 unspecified atom stereocenters. The fourth-order valence-corrected chi connectivity index (χ4v) is 9.05. The Balaban J connectivity index is 1.38. The molecule has 0 bridgehead atoms. The number of aromatic hydroxyl groups is 1. The normalized spacial score (nSPS) is 33.6. The SMILES string of the molecule is NC(=O)C1=C(O)[C@@]2(O)C(=O)C3=C(O)c4c(cc5c(c4O)CCCC4CCCCCCCC4CCC5)C[C@H]3C[C@H]2[C@H](N)C1=O. The average molecular weight is 593 g/mol. The quantitative estimate of drug-likeness (QED) is 0.264. The number of phenols is 1. The van der Waals surface area contributed by atoms with Gasteiger partial charge in [0, 0.05) is 11.5 Å². The van der Waals surface area contributed by atoms with E-state index in [0.29, 0.717) is 24.3 Å². The zero-order chi connectivity index (χ0) is 30.6. The van der Waals surface area contributed by atoms with Gasteiger partial charge in [0.25, 0.3) is 5.91 Å². The number of nitrogens with two attached hydrogens (primary N) is 2. The number of aryl methyl sites for hydroxylation is 1. The molecule has 9 nitrogen and oxygen atoms in total. The van der Waals surface area contributed by atoms with Crippen molar-refractivity contribution in [3.63, 3.8) is 0 Å². The maximum atomic E-state index is 13.9. The van der Waals surface area contributed by atoms with Gasteiger partial charge < -0.3 is 31.9 Å². The number of carbonyl (C=O) groups excluding carboxylic acids is 3. The molecule has 6 atom stereocenters. The van der Waals surface area contributed by atoms with E-state index < -0.39 is 58.0 Å². The molecule has 0 saturated heterocycles. The highest BCUT2D eigenvalue weighted by Crippen LogP contribution is 2.52. The number of phenolic OH excluding ortho intramolecular Hbond substituents is 1. The van der Waals surface area contributed by atoms with Crippen LogP contribution in [-0.2, 0) is 33.6 Å². The molecule has 1 aromatic carbocycles. The Morgan fingerprint density at radius 3 is 2.12 bits per heavy atom. The summed E-state index contributed by atoms with van der Waals surface area (Å²) in [7, 11) is 0. The van der Waals surface area contributed by atoms with E-state index in [1.165, 1.54) is 51.4 Å². The zero-order valence-corrected chi connectivity index (χ0v) is 24.7. The van der Waals surface area contributed by atoms with E-state index in [4.69, 9.17) is 11.5 Å². The average Bonchev–Trinajstić information content (AvgIpc) is 3.07. The first-order valence-electron chi connectivity index (χ1n) is 16.2. The number of amides is 1. The summed E-state index contributed by atoms with van der Waals surface area (Å²) in [5.74, 6) is -5.18. The molecule has 2 fully saturated rings. The molecule has 0 aliphatic heterocycles. The van der Waals surface area contributed by atoms with Crippen LogP contribution in [0.25, 0.3) is 5.76 Å². The van der Waals surface area contributed by atoms with Gasteiger partial charge in [0.15, 0.2) is 11.4 Å². The number of carbonyl (C=O) groups is 3. The van der Waals surface area contributed by atoms with Gasteiger partial charge in [-0.05, 0) is 85.8 Å². The lowest BCUT2D eigenvalue weighted by Gasteiger charge is -2.48. The second-order valence-corrected chi connectivity index (χ2v) is 13.6. The smallest absolute Gasteiger partial charge is 0.255 e. The van der Waals surface area contributed by atoms with Crippen LogP contribution in [0.3, 0.4) is 0 Å². The number of primary amides is 1. The number of hydrogen-bond acceptors (Lipinski definition) is 8. The van der Waals surface area contributed by atoms with E-state index in [1.807, 2.05) is 0 Å². The van der Waals surface area contributed by atoms with Gasteiger partial charge in [0.2, 0.25) is 5.78 Å². The summed E-state index contributed by atoms with van der Waals surface area (Å²) in [6.45, 7) is 0. The third kappa shape index (κ3) is 4.79. The molecule has 232 valence electrons. The van der Waals surface area contributed by atoms with Crippen LogP contribution < -0.4 is 11.5 Å². The van der Waals surface area contributed by atoms with Crippen LogP contribution in [0.2, 0.25) is 0 Å². The Morgan fingerprint density at radius 1 is 0.860 bits per heavy atom. The molecule has 8 N–H and O–H groups in total. The van der Waals surface area contributed by atoms with E-state index in [0.717, 1.165) is 42.7 Å². The molecule has 0 heterocycles. The summed E-state index contributed by atoms with van der Waals surface area (Å²) in [4.78, 5) is 38.7. The van der Waals surface area contributed by atoms with E-state index in [-0.39, 0.29) is 23.3 Å². The molecule has 1 amide bonds. The molecule has 0 spiro atoms. The number of hydrogen-bond donors (Lipinski definition) is 6. The number of benzene rings is 1. The van der Waals surface area contributed by atoms with E-state index in [2.05, 4.69) is 6.07 Å². The van der Waals surface area contributed by atoms with Gasteiger partial charge in [-0.15, -0.1) is 0 Å². The van der Waals surface area contributed by atoms with Crippen molar-refractivity contribution in [2.75, 3.05) is 0 Å². The second kappa shape index (κ2) is 11.4. The standard InChI is InChI=1S/C34H44N2O7/c35-27-23-16-21-15-20-14-19-12-6-10-17-8-4-2-1-3-5-9-18(17)11-7-13-22(19)28(37)24(20)29(38)25(21)31(40)34(23,43)32(41)26(30(27)39)33(36)42/h14,17-18,21,23,27,37-38,41,43H,1-13,15-16,35H2,(H2,36,42)/t17?,18?,21-,23-,27-,34-/m0/s1. The maximum absolute atomic E-state index is 13.9. The Kier molecular flexibility index (Phi) is 7.92. The van der Waals surface area contributed by atoms with Gasteiger partial charge in [-0.1, -0.05) is 51.0 Å². The molecule has 1 aromatic rings. The van der Waals surface area contributed by atoms with E-state index in [9.17, 15) is 34.8 Å². The highest BCUT2D eigenvalue weighted by atomic mass is 16.3. The van der Waals surface area contributed by atoms with Crippen LogP contribution in [0, 0.1) is 23.7 Å². The molecule has 6 rings (SSSR count).